The van der Waals surface area contributed by atoms with E-state index >= 15 is 0 Å². The standard InChI is InChI=1S/C20H30N2O3/c1-20(2,3)25-19(24)22-14-16-9-10-17(18(22)11-12-23)21(16)13-15-7-5-4-6-8-15/h4-8,16-18,23H,9-14H2,1-3H3/t16-,17+,18+/m1/s1. The highest BCUT2D eigenvalue weighted by Crippen LogP contribution is 2.37. The normalized spacial score (nSPS) is 26.7. The number of aliphatic hydroxyl groups is 1. The largest absolute Gasteiger partial charge is 0.444 e. The van der Waals surface area contributed by atoms with Gasteiger partial charge in [0, 0.05) is 31.8 Å². The van der Waals surface area contributed by atoms with Crippen molar-refractivity contribution in [1.82, 2.24) is 9.80 Å². The summed E-state index contributed by atoms with van der Waals surface area (Å²) in [5.41, 5.74) is 0.800. The molecule has 1 N–H and O–H groups in total. The second kappa shape index (κ2) is 7.34. The Morgan fingerprint density at radius 2 is 1.96 bits per heavy atom. The third-order valence-corrected chi connectivity index (χ3v) is 5.20. The lowest BCUT2D eigenvalue weighted by Crippen LogP contribution is -2.61. The minimum atomic E-state index is -0.499. The summed E-state index contributed by atoms with van der Waals surface area (Å²) in [6.07, 6.45) is 2.52. The van der Waals surface area contributed by atoms with Gasteiger partial charge in [-0.1, -0.05) is 30.3 Å². The number of rotatable bonds is 4. The van der Waals surface area contributed by atoms with Crippen molar-refractivity contribution in [1.29, 1.82) is 0 Å². The van der Waals surface area contributed by atoms with Gasteiger partial charge >= 0.3 is 6.09 Å². The molecule has 3 rings (SSSR count). The van der Waals surface area contributed by atoms with Gasteiger partial charge in [0.2, 0.25) is 0 Å². The molecule has 25 heavy (non-hydrogen) atoms. The molecule has 0 aromatic heterocycles. The predicted molar refractivity (Wildman–Crippen MR) is 97.2 cm³/mol. The number of ether oxygens (including phenoxy) is 1. The lowest BCUT2D eigenvalue weighted by molar-refractivity contribution is -0.0286. The van der Waals surface area contributed by atoms with Crippen molar-refractivity contribution in [3.63, 3.8) is 0 Å². The van der Waals surface area contributed by atoms with Gasteiger partial charge in [-0.25, -0.2) is 4.79 Å². The number of piperazine rings is 1. The number of aliphatic hydroxyl groups excluding tert-OH is 1. The van der Waals surface area contributed by atoms with E-state index in [1.165, 1.54) is 5.56 Å². The van der Waals surface area contributed by atoms with Gasteiger partial charge in [-0.2, -0.15) is 0 Å². The minimum absolute atomic E-state index is 0.0160. The molecule has 2 heterocycles. The van der Waals surface area contributed by atoms with Crippen LogP contribution in [0.5, 0.6) is 0 Å². The lowest BCUT2D eigenvalue weighted by Gasteiger charge is -2.47. The number of benzene rings is 1. The number of fused-ring (bicyclic) bond motifs is 2. The summed E-state index contributed by atoms with van der Waals surface area (Å²) in [5.74, 6) is 0. The molecular formula is C20H30N2O3. The van der Waals surface area contributed by atoms with Gasteiger partial charge in [0.05, 0.1) is 6.04 Å². The lowest BCUT2D eigenvalue weighted by atomic mass is 9.99. The number of carbonyl (C=O) groups excluding carboxylic acids is 1. The molecule has 0 saturated carbocycles. The Labute approximate surface area is 150 Å². The summed E-state index contributed by atoms with van der Waals surface area (Å²) < 4.78 is 5.62. The van der Waals surface area contributed by atoms with Gasteiger partial charge in [-0.15, -0.1) is 0 Å². The first kappa shape index (κ1) is 18.2. The molecule has 5 nitrogen and oxygen atoms in total. The molecule has 0 radical (unpaired) electrons. The van der Waals surface area contributed by atoms with E-state index in [1.807, 2.05) is 31.7 Å². The Balaban J connectivity index is 1.77. The summed E-state index contributed by atoms with van der Waals surface area (Å²) in [4.78, 5) is 17.1. The molecule has 0 spiro atoms. The van der Waals surface area contributed by atoms with E-state index in [9.17, 15) is 9.90 Å². The van der Waals surface area contributed by atoms with E-state index in [-0.39, 0.29) is 18.7 Å². The van der Waals surface area contributed by atoms with E-state index in [0.717, 1.165) is 19.4 Å². The molecule has 1 amide bonds. The molecule has 2 bridgehead atoms. The minimum Gasteiger partial charge on any atom is -0.444 e. The summed E-state index contributed by atoms with van der Waals surface area (Å²) in [6, 6.07) is 11.2. The Hall–Kier alpha value is -1.59. The van der Waals surface area contributed by atoms with Crippen molar-refractivity contribution >= 4 is 6.09 Å². The van der Waals surface area contributed by atoms with Gasteiger partial charge in [0.15, 0.2) is 0 Å². The van der Waals surface area contributed by atoms with Crippen LogP contribution < -0.4 is 0 Å². The van der Waals surface area contributed by atoms with Gasteiger partial charge in [0.1, 0.15) is 5.60 Å². The number of amides is 1. The Bertz CT molecular complexity index is 584. The van der Waals surface area contributed by atoms with Crippen molar-refractivity contribution in [2.75, 3.05) is 13.2 Å². The molecule has 2 fully saturated rings. The van der Waals surface area contributed by atoms with Gasteiger partial charge < -0.3 is 14.7 Å². The molecule has 138 valence electrons. The van der Waals surface area contributed by atoms with Crippen LogP contribution >= 0.6 is 0 Å². The quantitative estimate of drug-likeness (QED) is 0.910. The molecule has 2 aliphatic heterocycles. The number of hydrogen-bond acceptors (Lipinski definition) is 4. The van der Waals surface area contributed by atoms with Crippen LogP contribution in [0.25, 0.3) is 0 Å². The predicted octanol–water partition coefficient (Wildman–Crippen LogP) is 3.02. The van der Waals surface area contributed by atoms with Crippen molar-refractivity contribution in [2.45, 2.75) is 70.3 Å². The third-order valence-electron chi connectivity index (χ3n) is 5.20. The molecule has 2 aliphatic rings. The fourth-order valence-corrected chi connectivity index (χ4v) is 4.20. The second-order valence-electron chi connectivity index (χ2n) is 8.17. The first-order chi connectivity index (χ1) is 11.9. The zero-order valence-corrected chi connectivity index (χ0v) is 15.5. The maximum absolute atomic E-state index is 12.7. The van der Waals surface area contributed by atoms with E-state index < -0.39 is 5.60 Å². The first-order valence-electron chi connectivity index (χ1n) is 9.29. The van der Waals surface area contributed by atoms with Crippen molar-refractivity contribution < 1.29 is 14.6 Å². The fraction of sp³-hybridized carbons (Fsp3) is 0.650. The molecule has 5 heteroatoms. The summed E-state index contributed by atoms with van der Waals surface area (Å²) in [7, 11) is 0. The van der Waals surface area contributed by atoms with Crippen molar-refractivity contribution in [3.8, 4) is 0 Å². The van der Waals surface area contributed by atoms with Gasteiger partial charge in [0.25, 0.3) is 0 Å². The van der Waals surface area contributed by atoms with E-state index in [1.54, 1.807) is 0 Å². The maximum atomic E-state index is 12.7. The highest BCUT2D eigenvalue weighted by Gasteiger charge is 2.48. The summed E-state index contributed by atoms with van der Waals surface area (Å²) >= 11 is 0. The zero-order valence-electron chi connectivity index (χ0n) is 15.5. The van der Waals surface area contributed by atoms with Crippen molar-refractivity contribution in [3.05, 3.63) is 35.9 Å². The molecule has 0 aliphatic carbocycles. The average molecular weight is 346 g/mol. The maximum Gasteiger partial charge on any atom is 0.410 e. The van der Waals surface area contributed by atoms with Crippen LogP contribution in [0.1, 0.15) is 45.6 Å². The van der Waals surface area contributed by atoms with Crippen LogP contribution in [0, 0.1) is 0 Å². The first-order valence-corrected chi connectivity index (χ1v) is 9.29. The smallest absolute Gasteiger partial charge is 0.410 e. The monoisotopic (exact) mass is 346 g/mol. The van der Waals surface area contributed by atoms with Crippen LogP contribution in [-0.4, -0.2) is 57.9 Å². The Morgan fingerprint density at radius 1 is 1.24 bits per heavy atom. The van der Waals surface area contributed by atoms with E-state index in [2.05, 4.69) is 29.2 Å². The zero-order chi connectivity index (χ0) is 18.0. The number of hydrogen-bond donors (Lipinski definition) is 1. The number of carbonyl (C=O) groups is 1. The van der Waals surface area contributed by atoms with Crippen LogP contribution in [0.15, 0.2) is 30.3 Å². The van der Waals surface area contributed by atoms with Gasteiger partial charge in [-0.3, -0.25) is 4.90 Å². The van der Waals surface area contributed by atoms with Crippen LogP contribution in [-0.2, 0) is 11.3 Å². The fourth-order valence-electron chi connectivity index (χ4n) is 4.20. The highest BCUT2D eigenvalue weighted by molar-refractivity contribution is 5.69. The Kier molecular flexibility index (Phi) is 5.35. The number of nitrogens with zero attached hydrogens (tertiary/aromatic N) is 2. The molecule has 3 atom stereocenters. The average Bonchev–Trinajstić information content (AvgIpc) is 2.82. The molecular weight excluding hydrogens is 316 g/mol. The number of likely N-dealkylation sites (tertiary alicyclic amines) is 1. The summed E-state index contributed by atoms with van der Waals surface area (Å²) in [5, 5.41) is 9.56. The van der Waals surface area contributed by atoms with Crippen LogP contribution in [0.4, 0.5) is 4.79 Å². The molecule has 0 unspecified atom stereocenters. The SMILES string of the molecule is CC(C)(C)OC(=O)N1C[C@H]2CC[C@@H]([C@@H]1CCO)N2Cc1ccccc1. The second-order valence-corrected chi connectivity index (χ2v) is 8.17. The highest BCUT2D eigenvalue weighted by atomic mass is 16.6. The van der Waals surface area contributed by atoms with Crippen molar-refractivity contribution in [2.24, 2.45) is 0 Å². The molecule has 2 saturated heterocycles. The Morgan fingerprint density at radius 3 is 2.60 bits per heavy atom. The topological polar surface area (TPSA) is 53.0 Å². The summed E-state index contributed by atoms with van der Waals surface area (Å²) in [6.45, 7) is 7.36. The molecule has 1 aromatic carbocycles. The third kappa shape index (κ3) is 4.15. The van der Waals surface area contributed by atoms with E-state index in [4.69, 9.17) is 4.74 Å². The van der Waals surface area contributed by atoms with Crippen LogP contribution in [0.2, 0.25) is 0 Å². The molecule has 1 aromatic rings. The van der Waals surface area contributed by atoms with Crippen LogP contribution in [0.3, 0.4) is 0 Å². The van der Waals surface area contributed by atoms with E-state index in [0.29, 0.717) is 25.0 Å². The van der Waals surface area contributed by atoms with Gasteiger partial charge in [-0.05, 0) is 45.6 Å².